The Morgan fingerprint density at radius 3 is 2.30 bits per heavy atom. The lowest BCUT2D eigenvalue weighted by Gasteiger charge is -2.03. The summed E-state index contributed by atoms with van der Waals surface area (Å²) in [5.41, 5.74) is 1.50. The first-order chi connectivity index (χ1) is 9.60. The molecule has 2 rings (SSSR count). The third-order valence-corrected chi connectivity index (χ3v) is 3.13. The van der Waals surface area contributed by atoms with Crippen molar-refractivity contribution in [2.24, 2.45) is 4.99 Å². The number of aliphatic imine (C=N–C) groups is 1. The molecule has 0 aliphatic rings. The molecule has 0 bridgehead atoms. The molecule has 0 heterocycles. The van der Waals surface area contributed by atoms with Gasteiger partial charge in [-0.05, 0) is 48.9 Å². The molecule has 2 aromatic rings. The van der Waals surface area contributed by atoms with Crippen LogP contribution in [0, 0.1) is 0 Å². The Bertz CT molecular complexity index is 601. The largest absolute Gasteiger partial charge is 0.505 e. The zero-order valence-corrected chi connectivity index (χ0v) is 12.3. The molecule has 1 N–H and O–H groups in total. The van der Waals surface area contributed by atoms with Gasteiger partial charge in [0.2, 0.25) is 0 Å². The summed E-state index contributed by atoms with van der Waals surface area (Å²) < 4.78 is 5.36. The quantitative estimate of drug-likeness (QED) is 0.820. The van der Waals surface area contributed by atoms with Crippen LogP contribution in [-0.2, 0) is 0 Å². The van der Waals surface area contributed by atoms with Gasteiger partial charge >= 0.3 is 0 Å². The average Bonchev–Trinajstić information content (AvgIpc) is 2.44. The Morgan fingerprint density at radius 1 is 1.15 bits per heavy atom. The number of hydrogen-bond acceptors (Lipinski definition) is 3. The molecule has 3 nitrogen and oxygen atoms in total. The van der Waals surface area contributed by atoms with E-state index in [2.05, 4.69) is 4.99 Å². The summed E-state index contributed by atoms with van der Waals surface area (Å²) in [7, 11) is 0. The Morgan fingerprint density at radius 2 is 1.75 bits per heavy atom. The summed E-state index contributed by atoms with van der Waals surface area (Å²) in [5.74, 6) is 0.689. The van der Waals surface area contributed by atoms with E-state index in [0.717, 1.165) is 11.3 Å². The number of halogens is 2. The topological polar surface area (TPSA) is 41.8 Å². The molecule has 0 aliphatic carbocycles. The molecule has 5 heteroatoms. The Balaban J connectivity index is 2.16. The van der Waals surface area contributed by atoms with Crippen molar-refractivity contribution in [3.8, 4) is 11.5 Å². The van der Waals surface area contributed by atoms with Gasteiger partial charge in [0.15, 0.2) is 5.75 Å². The summed E-state index contributed by atoms with van der Waals surface area (Å²) in [6.07, 6.45) is 1.69. The number of ether oxygens (including phenoxy) is 1. The van der Waals surface area contributed by atoms with Crippen LogP contribution in [0.4, 0.5) is 5.69 Å². The van der Waals surface area contributed by atoms with E-state index in [0.29, 0.717) is 12.3 Å². The molecule has 0 unspecified atom stereocenters. The van der Waals surface area contributed by atoms with E-state index in [9.17, 15) is 5.11 Å². The molecule has 0 radical (unpaired) electrons. The lowest BCUT2D eigenvalue weighted by Crippen LogP contribution is -1.91. The molecule has 0 aliphatic heterocycles. The maximum absolute atomic E-state index is 9.47. The van der Waals surface area contributed by atoms with E-state index in [1.807, 2.05) is 31.2 Å². The van der Waals surface area contributed by atoms with Crippen molar-refractivity contribution in [3.63, 3.8) is 0 Å². The number of phenols is 1. The van der Waals surface area contributed by atoms with Crippen LogP contribution in [0.3, 0.4) is 0 Å². The molecule has 0 saturated carbocycles. The normalized spacial score (nSPS) is 10.9. The van der Waals surface area contributed by atoms with Crippen LogP contribution in [0.15, 0.2) is 41.4 Å². The first kappa shape index (κ1) is 14.7. The van der Waals surface area contributed by atoms with E-state index >= 15 is 0 Å². The fourth-order valence-corrected chi connectivity index (χ4v) is 2.07. The first-order valence-corrected chi connectivity index (χ1v) is 6.80. The number of rotatable bonds is 4. The molecule has 0 fully saturated rings. The van der Waals surface area contributed by atoms with Crippen LogP contribution in [0.25, 0.3) is 0 Å². The van der Waals surface area contributed by atoms with Crippen molar-refractivity contribution >= 4 is 35.1 Å². The molecule has 0 atom stereocenters. The molecular weight excluding hydrogens is 297 g/mol. The van der Waals surface area contributed by atoms with Crippen molar-refractivity contribution < 1.29 is 9.84 Å². The van der Waals surface area contributed by atoms with Gasteiger partial charge in [-0.3, -0.25) is 4.99 Å². The number of nitrogens with zero attached hydrogens (tertiary/aromatic N) is 1. The van der Waals surface area contributed by atoms with Gasteiger partial charge in [0.1, 0.15) is 5.75 Å². The molecule has 0 aromatic heterocycles. The fraction of sp³-hybridized carbons (Fsp3) is 0.133. The van der Waals surface area contributed by atoms with Gasteiger partial charge in [0, 0.05) is 6.21 Å². The third-order valence-electron chi connectivity index (χ3n) is 2.56. The van der Waals surface area contributed by atoms with Crippen molar-refractivity contribution in [3.05, 3.63) is 52.0 Å². The minimum atomic E-state index is -0.131. The second-order valence-electron chi connectivity index (χ2n) is 4.02. The van der Waals surface area contributed by atoms with Crippen LogP contribution in [-0.4, -0.2) is 17.9 Å². The molecule has 2 aromatic carbocycles. The number of hydrogen-bond donors (Lipinski definition) is 1. The smallest absolute Gasteiger partial charge is 0.152 e. The van der Waals surface area contributed by atoms with Crippen LogP contribution in [0.1, 0.15) is 12.5 Å². The predicted octanol–water partition coefficient (Wildman–Crippen LogP) is 4.85. The lowest BCUT2D eigenvalue weighted by atomic mass is 10.2. The molecule has 0 amide bonds. The molecule has 0 saturated heterocycles. The van der Waals surface area contributed by atoms with Crippen LogP contribution in [0.5, 0.6) is 11.5 Å². The van der Waals surface area contributed by atoms with E-state index in [-0.39, 0.29) is 15.8 Å². The van der Waals surface area contributed by atoms with Gasteiger partial charge in [-0.2, -0.15) is 0 Å². The Kier molecular flexibility index (Phi) is 4.88. The summed E-state index contributed by atoms with van der Waals surface area (Å²) in [6.45, 7) is 2.58. The van der Waals surface area contributed by atoms with E-state index < -0.39 is 0 Å². The SMILES string of the molecule is CCOc1ccc(C=Nc2cc(Cl)c(O)c(Cl)c2)cc1. The highest BCUT2D eigenvalue weighted by atomic mass is 35.5. The first-order valence-electron chi connectivity index (χ1n) is 6.05. The number of phenolic OH excluding ortho intramolecular Hbond substituents is 1. The van der Waals surface area contributed by atoms with Gasteiger partial charge < -0.3 is 9.84 Å². The van der Waals surface area contributed by atoms with Gasteiger partial charge in [-0.15, -0.1) is 0 Å². The van der Waals surface area contributed by atoms with Gasteiger partial charge in [0.25, 0.3) is 0 Å². The van der Waals surface area contributed by atoms with Gasteiger partial charge in [-0.25, -0.2) is 0 Å². The predicted molar refractivity (Wildman–Crippen MR) is 83.0 cm³/mol. The molecule has 104 valence electrons. The zero-order chi connectivity index (χ0) is 14.5. The van der Waals surface area contributed by atoms with Crippen LogP contribution >= 0.6 is 23.2 Å². The van der Waals surface area contributed by atoms with E-state index in [1.54, 1.807) is 18.3 Å². The minimum absolute atomic E-state index is 0.131. The lowest BCUT2D eigenvalue weighted by molar-refractivity contribution is 0.340. The molecular formula is C15H13Cl2NO2. The highest BCUT2D eigenvalue weighted by Crippen LogP contribution is 2.35. The fourth-order valence-electron chi connectivity index (χ4n) is 1.59. The Hall–Kier alpha value is -1.71. The van der Waals surface area contributed by atoms with E-state index in [1.165, 1.54) is 0 Å². The second kappa shape index (κ2) is 6.64. The number of aromatic hydroxyl groups is 1. The average molecular weight is 310 g/mol. The standard InChI is InChI=1S/C15H13Cl2NO2/c1-2-20-12-5-3-10(4-6-12)9-18-11-7-13(16)15(19)14(17)8-11/h3-9,19H,2H2,1H3. The molecule has 0 spiro atoms. The molecule has 20 heavy (non-hydrogen) atoms. The van der Waals surface area contributed by atoms with Crippen LogP contribution < -0.4 is 4.74 Å². The Labute approximate surface area is 127 Å². The maximum atomic E-state index is 9.47. The minimum Gasteiger partial charge on any atom is -0.505 e. The van der Waals surface area contributed by atoms with Crippen molar-refractivity contribution in [2.45, 2.75) is 6.92 Å². The highest BCUT2D eigenvalue weighted by molar-refractivity contribution is 6.37. The van der Waals surface area contributed by atoms with Crippen molar-refractivity contribution in [1.29, 1.82) is 0 Å². The summed E-state index contributed by atoms with van der Waals surface area (Å²) in [6, 6.07) is 10.7. The van der Waals surface area contributed by atoms with Crippen molar-refractivity contribution in [2.75, 3.05) is 6.61 Å². The highest BCUT2D eigenvalue weighted by Gasteiger charge is 2.05. The summed E-state index contributed by atoms with van der Waals surface area (Å²) in [5, 5.41) is 9.82. The zero-order valence-electron chi connectivity index (χ0n) is 10.8. The van der Waals surface area contributed by atoms with Gasteiger partial charge in [0.05, 0.1) is 22.3 Å². The monoisotopic (exact) mass is 309 g/mol. The van der Waals surface area contributed by atoms with Gasteiger partial charge in [-0.1, -0.05) is 23.2 Å². The van der Waals surface area contributed by atoms with Crippen molar-refractivity contribution in [1.82, 2.24) is 0 Å². The maximum Gasteiger partial charge on any atom is 0.152 e. The second-order valence-corrected chi connectivity index (χ2v) is 4.83. The summed E-state index contributed by atoms with van der Waals surface area (Å²) >= 11 is 11.7. The number of benzene rings is 2. The third kappa shape index (κ3) is 3.65. The van der Waals surface area contributed by atoms with Crippen LogP contribution in [0.2, 0.25) is 10.0 Å². The van der Waals surface area contributed by atoms with E-state index in [4.69, 9.17) is 27.9 Å². The summed E-state index contributed by atoms with van der Waals surface area (Å²) in [4.78, 5) is 4.27.